The van der Waals surface area contributed by atoms with Crippen molar-refractivity contribution >= 4 is 21.7 Å². The van der Waals surface area contributed by atoms with Gasteiger partial charge in [-0.15, -0.1) is 0 Å². The molecule has 0 atom stereocenters. The van der Waals surface area contributed by atoms with Crippen LogP contribution in [0.4, 0.5) is 0 Å². The molecule has 4 aromatic rings. The van der Waals surface area contributed by atoms with E-state index in [0.29, 0.717) is 5.58 Å². The number of quaternary nitrogens is 2. The summed E-state index contributed by atoms with van der Waals surface area (Å²) in [6, 6.07) is 24.7. The second kappa shape index (κ2) is 7.82. The number of nitrogens with one attached hydrogen (secondary N) is 2. The van der Waals surface area contributed by atoms with Crippen LogP contribution < -0.4 is 15.4 Å². The number of rotatable bonds is 4. The molecular weight excluding hydrogens is 360 g/mol. The number of fused-ring (bicyclic) bond motifs is 3. The first kappa shape index (κ1) is 18.1. The minimum absolute atomic E-state index is 0.254. The van der Waals surface area contributed by atoms with Crippen molar-refractivity contribution in [2.24, 2.45) is 0 Å². The molecule has 5 rings (SSSR count). The molecule has 146 valence electrons. The van der Waals surface area contributed by atoms with Crippen molar-refractivity contribution in [2.75, 3.05) is 26.2 Å². The molecule has 0 spiro atoms. The van der Waals surface area contributed by atoms with E-state index >= 15 is 0 Å². The van der Waals surface area contributed by atoms with Crippen molar-refractivity contribution in [3.8, 4) is 0 Å². The van der Waals surface area contributed by atoms with E-state index in [1.165, 1.54) is 10.9 Å². The smallest absolute Gasteiger partial charge is 0.336 e. The summed E-state index contributed by atoms with van der Waals surface area (Å²) in [7, 11) is 0. The Morgan fingerprint density at radius 3 is 2.24 bits per heavy atom. The van der Waals surface area contributed by atoms with E-state index in [9.17, 15) is 4.79 Å². The van der Waals surface area contributed by atoms with Crippen LogP contribution in [0.5, 0.6) is 0 Å². The van der Waals surface area contributed by atoms with Gasteiger partial charge in [0.25, 0.3) is 0 Å². The Morgan fingerprint density at radius 1 is 0.759 bits per heavy atom. The van der Waals surface area contributed by atoms with Crippen molar-refractivity contribution in [3.63, 3.8) is 0 Å². The Labute approximate surface area is 170 Å². The Kier molecular flexibility index (Phi) is 4.88. The molecule has 0 bridgehead atoms. The van der Waals surface area contributed by atoms with Crippen molar-refractivity contribution in [1.82, 2.24) is 0 Å². The lowest BCUT2D eigenvalue weighted by Crippen LogP contribution is -3.27. The average Bonchev–Trinajstić information content (AvgIpc) is 2.75. The van der Waals surface area contributed by atoms with Gasteiger partial charge in [0.15, 0.2) is 0 Å². The largest absolute Gasteiger partial charge is 0.423 e. The summed E-state index contributed by atoms with van der Waals surface area (Å²) in [5.41, 5.74) is 2.95. The van der Waals surface area contributed by atoms with Crippen LogP contribution in [-0.2, 0) is 13.1 Å². The van der Waals surface area contributed by atoms with Gasteiger partial charge in [-0.25, -0.2) is 4.79 Å². The maximum atomic E-state index is 12.2. The van der Waals surface area contributed by atoms with Crippen LogP contribution in [-0.4, -0.2) is 26.2 Å². The number of benzene rings is 3. The summed E-state index contributed by atoms with van der Waals surface area (Å²) in [6.45, 7) is 6.52. The minimum atomic E-state index is -0.254. The molecule has 1 aliphatic rings. The molecule has 4 heteroatoms. The van der Waals surface area contributed by atoms with Crippen LogP contribution in [0.25, 0.3) is 21.7 Å². The van der Waals surface area contributed by atoms with E-state index in [-0.39, 0.29) is 5.63 Å². The van der Waals surface area contributed by atoms with Crippen molar-refractivity contribution in [2.45, 2.75) is 13.1 Å². The third-order valence-electron chi connectivity index (χ3n) is 6.12. The summed E-state index contributed by atoms with van der Waals surface area (Å²) in [5, 5.41) is 3.44. The van der Waals surface area contributed by atoms with E-state index in [1.54, 1.807) is 15.9 Å². The highest BCUT2D eigenvalue weighted by Crippen LogP contribution is 2.26. The van der Waals surface area contributed by atoms with Crippen molar-refractivity contribution < 1.29 is 14.2 Å². The molecule has 29 heavy (non-hydrogen) atoms. The monoisotopic (exact) mass is 386 g/mol. The molecule has 3 aromatic carbocycles. The molecule has 1 aromatic heterocycles. The lowest BCUT2D eigenvalue weighted by Gasteiger charge is -2.30. The van der Waals surface area contributed by atoms with Gasteiger partial charge in [0.05, 0.1) is 0 Å². The first-order valence-corrected chi connectivity index (χ1v) is 10.4. The molecule has 0 aliphatic carbocycles. The van der Waals surface area contributed by atoms with E-state index in [1.807, 2.05) is 18.2 Å². The predicted molar refractivity (Wildman–Crippen MR) is 115 cm³/mol. The molecule has 2 heterocycles. The average molecular weight is 386 g/mol. The van der Waals surface area contributed by atoms with Gasteiger partial charge in [0.2, 0.25) is 0 Å². The summed E-state index contributed by atoms with van der Waals surface area (Å²) in [5.74, 6) is 0. The molecule has 1 fully saturated rings. The number of piperazine rings is 1. The van der Waals surface area contributed by atoms with Gasteiger partial charge in [0.1, 0.15) is 44.9 Å². The maximum absolute atomic E-state index is 12.2. The summed E-state index contributed by atoms with van der Waals surface area (Å²) in [4.78, 5) is 15.3. The lowest BCUT2D eigenvalue weighted by molar-refractivity contribution is -1.02. The normalized spacial score (nSPS) is 19.6. The van der Waals surface area contributed by atoms with Crippen LogP contribution in [0.3, 0.4) is 0 Å². The van der Waals surface area contributed by atoms with Crippen LogP contribution in [0.15, 0.2) is 82.0 Å². The Hall–Kier alpha value is -2.95. The fraction of sp³-hybridized carbons (Fsp3) is 0.240. The molecule has 0 saturated carbocycles. The van der Waals surface area contributed by atoms with Crippen LogP contribution in [0, 0.1) is 0 Å². The maximum Gasteiger partial charge on any atom is 0.336 e. The minimum Gasteiger partial charge on any atom is -0.423 e. The Bertz CT molecular complexity index is 1190. The first-order valence-electron chi connectivity index (χ1n) is 10.4. The molecule has 1 saturated heterocycles. The van der Waals surface area contributed by atoms with Gasteiger partial charge in [-0.3, -0.25) is 0 Å². The molecular formula is C25H26N2O2+2. The second-order valence-corrected chi connectivity index (χ2v) is 8.09. The standard InChI is InChI=1S/C25H24N2O2/c28-24-16-21(25-22-9-5-4-8-20(22)10-11-23(25)29-24)18-27-14-12-26(13-15-27)17-19-6-2-1-3-7-19/h1-11,16H,12-15,17-18H2/p+2. The van der Waals surface area contributed by atoms with Gasteiger partial charge in [0, 0.05) is 22.6 Å². The molecule has 4 nitrogen and oxygen atoms in total. The zero-order chi connectivity index (χ0) is 19.6. The van der Waals surface area contributed by atoms with E-state index < -0.39 is 0 Å². The van der Waals surface area contributed by atoms with E-state index in [2.05, 4.69) is 48.5 Å². The quantitative estimate of drug-likeness (QED) is 0.411. The molecule has 2 N–H and O–H groups in total. The van der Waals surface area contributed by atoms with Crippen LogP contribution in [0.2, 0.25) is 0 Å². The fourth-order valence-electron chi connectivity index (χ4n) is 4.62. The van der Waals surface area contributed by atoms with Crippen molar-refractivity contribution in [3.05, 3.63) is 94.3 Å². The summed E-state index contributed by atoms with van der Waals surface area (Å²) >= 11 is 0. The molecule has 1 aliphatic heterocycles. The van der Waals surface area contributed by atoms with Crippen LogP contribution in [0.1, 0.15) is 11.1 Å². The highest BCUT2D eigenvalue weighted by Gasteiger charge is 2.24. The third kappa shape index (κ3) is 3.82. The summed E-state index contributed by atoms with van der Waals surface area (Å²) < 4.78 is 5.51. The van der Waals surface area contributed by atoms with Gasteiger partial charge in [-0.1, -0.05) is 60.7 Å². The van der Waals surface area contributed by atoms with Gasteiger partial charge in [-0.2, -0.15) is 0 Å². The highest BCUT2D eigenvalue weighted by atomic mass is 16.4. The lowest BCUT2D eigenvalue weighted by atomic mass is 10.0. The summed E-state index contributed by atoms with van der Waals surface area (Å²) in [6.07, 6.45) is 0. The van der Waals surface area contributed by atoms with Gasteiger partial charge >= 0.3 is 5.63 Å². The van der Waals surface area contributed by atoms with Gasteiger partial charge < -0.3 is 14.2 Å². The SMILES string of the molecule is O=c1cc(C[NH+]2CC[NH+](Cc3ccccc3)CC2)c2c(ccc3ccccc32)o1. The Balaban J connectivity index is 1.37. The van der Waals surface area contributed by atoms with E-state index in [4.69, 9.17) is 4.42 Å². The van der Waals surface area contributed by atoms with Crippen molar-refractivity contribution in [1.29, 1.82) is 0 Å². The third-order valence-corrected chi connectivity index (χ3v) is 6.12. The number of hydrogen-bond acceptors (Lipinski definition) is 2. The second-order valence-electron chi connectivity index (χ2n) is 8.09. The first-order chi connectivity index (χ1) is 14.3. The van der Waals surface area contributed by atoms with Crippen LogP contribution >= 0.6 is 0 Å². The fourth-order valence-corrected chi connectivity index (χ4v) is 4.62. The zero-order valence-corrected chi connectivity index (χ0v) is 16.5. The Morgan fingerprint density at radius 2 is 1.45 bits per heavy atom. The molecule has 0 unspecified atom stereocenters. The number of hydrogen-bond donors (Lipinski definition) is 2. The highest BCUT2D eigenvalue weighted by molar-refractivity contribution is 6.06. The van der Waals surface area contributed by atoms with Gasteiger partial charge in [-0.05, 0) is 16.8 Å². The molecule has 0 amide bonds. The predicted octanol–water partition coefficient (Wildman–Crippen LogP) is 1.43. The zero-order valence-electron chi connectivity index (χ0n) is 16.5. The topological polar surface area (TPSA) is 39.1 Å². The van der Waals surface area contributed by atoms with E-state index in [0.717, 1.165) is 55.6 Å². The molecule has 0 radical (unpaired) electrons.